The summed E-state index contributed by atoms with van der Waals surface area (Å²) in [5, 5.41) is 7.01. The molecule has 6 nitrogen and oxygen atoms in total. The van der Waals surface area contributed by atoms with Gasteiger partial charge in [0.25, 0.3) is 5.91 Å². The van der Waals surface area contributed by atoms with Crippen LogP contribution in [-0.2, 0) is 9.84 Å². The van der Waals surface area contributed by atoms with Crippen LogP contribution >= 0.6 is 15.9 Å². The maximum absolute atomic E-state index is 12.3. The van der Waals surface area contributed by atoms with Gasteiger partial charge < -0.3 is 5.32 Å². The van der Waals surface area contributed by atoms with Crippen molar-refractivity contribution in [3.05, 3.63) is 46.7 Å². The van der Waals surface area contributed by atoms with Crippen LogP contribution in [0.3, 0.4) is 0 Å². The molecule has 0 aliphatic carbocycles. The van der Waals surface area contributed by atoms with Gasteiger partial charge in [-0.2, -0.15) is 5.10 Å². The second kappa shape index (κ2) is 5.76. The first kappa shape index (κ1) is 16.2. The maximum Gasteiger partial charge on any atom is 0.254 e. The zero-order valence-corrected chi connectivity index (χ0v) is 14.9. The minimum Gasteiger partial charge on any atom is -0.346 e. The molecular formula is C15H16BrN3O3S. The molecule has 1 aromatic carbocycles. The van der Waals surface area contributed by atoms with Crippen molar-refractivity contribution < 1.29 is 13.2 Å². The molecule has 1 aliphatic rings. The highest BCUT2D eigenvalue weighted by atomic mass is 79.9. The number of nitrogens with zero attached hydrogens (tertiary/aromatic N) is 2. The molecule has 122 valence electrons. The SMILES string of the molecule is CC1(NC(=O)c2cnn(-c3ccc(Br)cc3)c2)CCS(=O)(=O)C1. The van der Waals surface area contributed by atoms with Gasteiger partial charge in [0.15, 0.2) is 9.84 Å². The van der Waals surface area contributed by atoms with Crippen molar-refractivity contribution in [2.24, 2.45) is 0 Å². The normalized spacial score (nSPS) is 22.9. The Morgan fingerprint density at radius 1 is 1.35 bits per heavy atom. The highest BCUT2D eigenvalue weighted by Crippen LogP contribution is 2.23. The van der Waals surface area contributed by atoms with Crippen molar-refractivity contribution in [1.29, 1.82) is 0 Å². The van der Waals surface area contributed by atoms with Gasteiger partial charge in [0.05, 0.1) is 34.5 Å². The van der Waals surface area contributed by atoms with E-state index in [-0.39, 0.29) is 17.4 Å². The monoisotopic (exact) mass is 397 g/mol. The van der Waals surface area contributed by atoms with Crippen LogP contribution in [0.5, 0.6) is 0 Å². The third-order valence-electron chi connectivity index (χ3n) is 3.85. The maximum atomic E-state index is 12.3. The number of carbonyl (C=O) groups excluding carboxylic acids is 1. The topological polar surface area (TPSA) is 81.1 Å². The first-order valence-corrected chi connectivity index (χ1v) is 9.71. The Hall–Kier alpha value is -1.67. The number of halogens is 1. The van der Waals surface area contributed by atoms with Crippen molar-refractivity contribution in [3.63, 3.8) is 0 Å². The van der Waals surface area contributed by atoms with Gasteiger partial charge in [0.1, 0.15) is 0 Å². The summed E-state index contributed by atoms with van der Waals surface area (Å²) in [5.74, 6) is -0.220. The largest absolute Gasteiger partial charge is 0.346 e. The Labute approximate surface area is 142 Å². The molecule has 1 fully saturated rings. The van der Waals surface area contributed by atoms with Crippen molar-refractivity contribution in [2.75, 3.05) is 11.5 Å². The number of hydrogen-bond acceptors (Lipinski definition) is 4. The summed E-state index contributed by atoms with van der Waals surface area (Å²) in [5.41, 5.74) is 0.524. The molecule has 8 heteroatoms. The number of sulfone groups is 1. The van der Waals surface area contributed by atoms with Gasteiger partial charge in [-0.25, -0.2) is 13.1 Å². The molecular weight excluding hydrogens is 382 g/mol. The molecule has 2 aromatic rings. The molecule has 3 rings (SSSR count). The Morgan fingerprint density at radius 3 is 2.65 bits per heavy atom. The molecule has 1 aliphatic heterocycles. The number of aromatic nitrogens is 2. The van der Waals surface area contributed by atoms with E-state index in [1.165, 1.54) is 6.20 Å². The van der Waals surface area contributed by atoms with Crippen LogP contribution in [0.15, 0.2) is 41.1 Å². The second-order valence-electron chi connectivity index (χ2n) is 6.01. The molecule has 0 bridgehead atoms. The van der Waals surface area contributed by atoms with Gasteiger partial charge in [-0.05, 0) is 37.6 Å². The van der Waals surface area contributed by atoms with Crippen LogP contribution in [-0.4, -0.2) is 41.2 Å². The lowest BCUT2D eigenvalue weighted by Crippen LogP contribution is -2.46. The van der Waals surface area contributed by atoms with E-state index in [2.05, 4.69) is 26.3 Å². The number of rotatable bonds is 3. The summed E-state index contributed by atoms with van der Waals surface area (Å²) in [6.45, 7) is 1.76. The number of amides is 1. The zero-order chi connectivity index (χ0) is 16.7. The third-order valence-corrected chi connectivity index (χ3v) is 6.29. The van der Waals surface area contributed by atoms with Crippen LogP contribution < -0.4 is 5.32 Å². The van der Waals surface area contributed by atoms with Crippen LogP contribution in [0.2, 0.25) is 0 Å². The van der Waals surface area contributed by atoms with Gasteiger partial charge in [0, 0.05) is 10.7 Å². The lowest BCUT2D eigenvalue weighted by molar-refractivity contribution is 0.0915. The van der Waals surface area contributed by atoms with E-state index < -0.39 is 15.4 Å². The summed E-state index contributed by atoms with van der Waals surface area (Å²) < 4.78 is 25.8. The van der Waals surface area contributed by atoms with Crippen molar-refractivity contribution in [3.8, 4) is 5.69 Å². The average molecular weight is 398 g/mol. The highest BCUT2D eigenvalue weighted by Gasteiger charge is 2.39. The van der Waals surface area contributed by atoms with E-state index in [0.29, 0.717) is 12.0 Å². The summed E-state index contributed by atoms with van der Waals surface area (Å²) >= 11 is 3.37. The predicted octanol–water partition coefficient (Wildman–Crippen LogP) is 1.94. The Bertz CT molecular complexity index is 845. The smallest absolute Gasteiger partial charge is 0.254 e. The predicted molar refractivity (Wildman–Crippen MR) is 90.4 cm³/mol. The Balaban J connectivity index is 1.75. The summed E-state index contributed by atoms with van der Waals surface area (Å²) in [6, 6.07) is 7.54. The Morgan fingerprint density at radius 2 is 2.04 bits per heavy atom. The van der Waals surface area contributed by atoms with Crippen LogP contribution in [0, 0.1) is 0 Å². The molecule has 1 saturated heterocycles. The summed E-state index contributed by atoms with van der Waals surface area (Å²) in [4.78, 5) is 12.3. The first-order valence-electron chi connectivity index (χ1n) is 7.10. The molecule has 0 radical (unpaired) electrons. The molecule has 2 heterocycles. The minimum absolute atomic E-state index is 0.0212. The fraction of sp³-hybridized carbons (Fsp3) is 0.333. The molecule has 1 atom stereocenters. The number of nitrogens with one attached hydrogen (secondary N) is 1. The summed E-state index contributed by atoms with van der Waals surface area (Å²) in [7, 11) is -3.06. The van der Waals surface area contributed by atoms with Crippen LogP contribution in [0.1, 0.15) is 23.7 Å². The van der Waals surface area contributed by atoms with Crippen molar-refractivity contribution in [2.45, 2.75) is 18.9 Å². The molecule has 0 spiro atoms. The molecule has 1 amide bonds. The van der Waals surface area contributed by atoms with Gasteiger partial charge >= 0.3 is 0 Å². The van der Waals surface area contributed by atoms with E-state index >= 15 is 0 Å². The number of hydrogen-bond donors (Lipinski definition) is 1. The second-order valence-corrected chi connectivity index (χ2v) is 9.11. The highest BCUT2D eigenvalue weighted by molar-refractivity contribution is 9.10. The molecule has 0 saturated carbocycles. The lowest BCUT2D eigenvalue weighted by atomic mass is 10.0. The molecule has 1 aromatic heterocycles. The zero-order valence-electron chi connectivity index (χ0n) is 12.5. The lowest BCUT2D eigenvalue weighted by Gasteiger charge is -2.23. The first-order chi connectivity index (χ1) is 10.8. The summed E-state index contributed by atoms with van der Waals surface area (Å²) in [6.07, 6.45) is 3.54. The fourth-order valence-corrected chi connectivity index (χ4v) is 4.99. The molecule has 23 heavy (non-hydrogen) atoms. The fourth-order valence-electron chi connectivity index (χ4n) is 2.63. The molecule has 1 N–H and O–H groups in total. The standard InChI is InChI=1S/C15H16BrN3O3S/c1-15(6-7-23(21,22)10-15)18-14(20)11-8-17-19(9-11)13-4-2-12(16)3-5-13/h2-5,8-9H,6-7,10H2,1H3,(H,18,20). The number of benzene rings is 1. The average Bonchev–Trinajstić information content (AvgIpc) is 3.05. The number of carbonyl (C=O) groups is 1. The van der Waals surface area contributed by atoms with Crippen LogP contribution in [0.4, 0.5) is 0 Å². The van der Waals surface area contributed by atoms with Crippen molar-refractivity contribution in [1.82, 2.24) is 15.1 Å². The van der Waals surface area contributed by atoms with Gasteiger partial charge in [-0.15, -0.1) is 0 Å². The van der Waals surface area contributed by atoms with Crippen LogP contribution in [0.25, 0.3) is 5.69 Å². The van der Waals surface area contributed by atoms with Crippen molar-refractivity contribution >= 4 is 31.7 Å². The third kappa shape index (κ3) is 3.64. The van der Waals surface area contributed by atoms with E-state index in [1.807, 2.05) is 24.3 Å². The quantitative estimate of drug-likeness (QED) is 0.857. The van der Waals surface area contributed by atoms with E-state index in [4.69, 9.17) is 0 Å². The van der Waals surface area contributed by atoms with E-state index in [1.54, 1.807) is 17.8 Å². The van der Waals surface area contributed by atoms with E-state index in [0.717, 1.165) is 10.2 Å². The van der Waals surface area contributed by atoms with E-state index in [9.17, 15) is 13.2 Å². The minimum atomic E-state index is -3.06. The molecule has 1 unspecified atom stereocenters. The van der Waals surface area contributed by atoms with Gasteiger partial charge in [0.2, 0.25) is 0 Å². The van der Waals surface area contributed by atoms with Gasteiger partial charge in [-0.3, -0.25) is 4.79 Å². The van der Waals surface area contributed by atoms with Gasteiger partial charge in [-0.1, -0.05) is 15.9 Å². The Kier molecular flexibility index (Phi) is 4.05.